The third-order valence-corrected chi connectivity index (χ3v) is 33.9. The zero-order valence-electron chi connectivity index (χ0n) is 81.3. The van der Waals surface area contributed by atoms with E-state index in [-0.39, 0.29) is 37.9 Å². The van der Waals surface area contributed by atoms with Gasteiger partial charge in [-0.05, 0) is 282 Å². The molecule has 668 valence electrons. The molecule has 0 aliphatic heterocycles. The Morgan fingerprint density at radius 3 is 0.878 bits per heavy atom. The molecule has 19 aromatic carbocycles. The summed E-state index contributed by atoms with van der Waals surface area (Å²) in [6.07, 6.45) is 0. The number of benzene rings is 19. The number of para-hydroxylation sites is 1. The fraction of sp³-hybridized carbons (Fsp3) is 0.156. The van der Waals surface area contributed by atoms with Crippen LogP contribution in [0, 0.1) is 0 Å². The maximum absolute atomic E-state index is 7.17. The van der Waals surface area contributed by atoms with Crippen molar-refractivity contribution in [1.82, 2.24) is 0 Å². The van der Waals surface area contributed by atoms with Gasteiger partial charge in [-0.25, -0.2) is 0 Å². The third-order valence-electron chi connectivity index (χ3n) is 33.9. The van der Waals surface area contributed by atoms with Gasteiger partial charge >= 0.3 is 0 Å². The van der Waals surface area contributed by atoms with E-state index in [9.17, 15) is 0 Å². The van der Waals surface area contributed by atoms with Crippen LogP contribution in [-0.2, 0) is 37.9 Å². The lowest BCUT2D eigenvalue weighted by Crippen LogP contribution is -2.18. The first-order valence-electron chi connectivity index (χ1n) is 49.7. The maximum atomic E-state index is 7.17. The Kier molecular flexibility index (Phi) is 17.4. The highest BCUT2D eigenvalue weighted by molar-refractivity contribution is 6.17. The summed E-state index contributed by atoms with van der Waals surface area (Å²) in [5.41, 5.74) is 56.8. The lowest BCUT2D eigenvalue weighted by molar-refractivity contribution is 0.659. The van der Waals surface area contributed by atoms with Crippen molar-refractivity contribution >= 4 is 73.1 Å². The molecule has 0 atom stereocenters. The highest BCUT2D eigenvalue weighted by atomic mass is 16.3. The topological polar surface area (TPSA) is 22.9 Å². The minimum Gasteiger partial charge on any atom is -0.455 e. The van der Waals surface area contributed by atoms with Crippen molar-refractivity contribution in [2.75, 3.05) is 14.7 Å². The van der Waals surface area contributed by atoms with E-state index in [0.29, 0.717) is 0 Å². The van der Waals surface area contributed by atoms with Crippen molar-refractivity contribution in [3.63, 3.8) is 0 Å². The van der Waals surface area contributed by atoms with Crippen molar-refractivity contribution in [2.45, 2.75) is 135 Å². The maximum Gasteiger partial charge on any atom is 0.143 e. The lowest BCUT2D eigenvalue weighted by atomic mass is 9.81. The van der Waals surface area contributed by atoms with E-state index in [4.69, 9.17) is 4.42 Å². The van der Waals surface area contributed by atoms with Gasteiger partial charge in [0.25, 0.3) is 0 Å². The van der Waals surface area contributed by atoms with E-state index in [1.165, 1.54) is 190 Å². The fourth-order valence-electron chi connectivity index (χ4n) is 26.6. The third kappa shape index (κ3) is 11.6. The van der Waals surface area contributed by atoms with Crippen LogP contribution in [0.25, 0.3) is 144 Å². The van der Waals surface area contributed by atoms with E-state index in [0.717, 1.165) is 83.9 Å². The molecule has 0 unspecified atom stereocenters. The molecule has 0 spiro atoms. The van der Waals surface area contributed by atoms with E-state index in [1.54, 1.807) is 0 Å². The van der Waals surface area contributed by atoms with Gasteiger partial charge in [0.15, 0.2) is 0 Å². The van der Waals surface area contributed by atoms with Crippen LogP contribution in [0.1, 0.15) is 175 Å². The number of rotatable bonds is 13. The van der Waals surface area contributed by atoms with Gasteiger partial charge < -0.3 is 19.1 Å². The highest BCUT2D eigenvalue weighted by Gasteiger charge is 2.47. The summed E-state index contributed by atoms with van der Waals surface area (Å²) in [5, 5.41) is 2.22. The number of hydrogen-bond acceptors (Lipinski definition) is 4. The van der Waals surface area contributed by atoms with Gasteiger partial charge in [-0.15, -0.1) is 0 Å². The van der Waals surface area contributed by atoms with Gasteiger partial charge in [0.1, 0.15) is 11.2 Å². The Labute approximate surface area is 815 Å². The quantitative estimate of drug-likeness (QED) is 0.115. The van der Waals surface area contributed by atoms with Crippen LogP contribution < -0.4 is 14.7 Å². The summed E-state index contributed by atoms with van der Waals surface area (Å²) in [6, 6.07) is 151. The fourth-order valence-corrected chi connectivity index (χ4v) is 26.6. The van der Waals surface area contributed by atoms with Gasteiger partial charge in [0.05, 0.1) is 22.7 Å². The molecule has 1 heterocycles. The van der Waals surface area contributed by atoms with Crippen LogP contribution in [0.2, 0.25) is 0 Å². The first-order chi connectivity index (χ1) is 67.2. The molecule has 0 amide bonds. The number of hydrogen-bond donors (Lipinski definition) is 0. The highest BCUT2D eigenvalue weighted by Crippen LogP contribution is 2.64. The first-order valence-corrected chi connectivity index (χ1v) is 49.7. The second kappa shape index (κ2) is 29.2. The second-order valence-corrected chi connectivity index (χ2v) is 43.8. The van der Waals surface area contributed by atoms with Crippen LogP contribution in [0.3, 0.4) is 0 Å². The largest absolute Gasteiger partial charge is 0.455 e. The molecule has 0 saturated carbocycles. The van der Waals surface area contributed by atoms with Crippen molar-refractivity contribution in [3.8, 4) is 122 Å². The molecule has 4 heteroatoms. The Balaban J connectivity index is 0.511. The molecule has 0 saturated heterocycles. The molecule has 1 aromatic heterocycles. The normalized spacial score (nSPS) is 15.7. The van der Waals surface area contributed by atoms with Crippen molar-refractivity contribution < 1.29 is 4.42 Å². The number of fused-ring (bicyclic) bond motifs is 24. The molecule has 0 radical (unpaired) electrons. The van der Waals surface area contributed by atoms with Crippen LogP contribution in [0.5, 0.6) is 0 Å². The Bertz CT molecular complexity index is 8610. The predicted octanol–water partition coefficient (Wildman–Crippen LogP) is 36.8. The SMILES string of the molecule is CC1(C)c2ccccc2-c2ccc(N(c3ccc(-c4ccc(-c5ccc6c(c5)C(C)(C)c5cc(N(c7ccc(-c8ccc(-c9ccc%10c(c9)-c9ccc(N(c%11cccc%12c%11-c%11ccccc%11C%12(C)C)c%11cccc%12c%11-c%11ccccc%11C%12(C)C)cc9C%10(C)C)cc8)cc7)c7cccc8c7-c7ccccc7C8(C)C)ccc5-6)c5c4oc4ccccc45)cc3)c3cccc4c3-c3ccccc3C4(C)C)cc21. The number of nitrogens with zero attached hydrogens (tertiary/aromatic N) is 3. The molecule has 20 aromatic rings. The minimum atomic E-state index is -0.377. The smallest absolute Gasteiger partial charge is 0.143 e. The molecular formula is C135H107N3O. The van der Waals surface area contributed by atoms with E-state index in [1.807, 2.05) is 0 Å². The molecule has 0 bridgehead atoms. The molecule has 7 aliphatic rings. The monoisotopic (exact) mass is 1790 g/mol. The Morgan fingerprint density at radius 2 is 0.439 bits per heavy atom. The standard InChI is InChI=1S/C135H107N3O/c1-129(2)105-38-22-16-32-98(105)124-110(129)42-27-46-118(124)136(86-61-55-81(56-62-86)80-51-53-82(54-52-80)84-60-74-109-103(75-84)97-71-67-90(79-117(97)134(109,11)12)138(120-48-29-44-112-126(120)100-34-18-24-40-107(100)131(112,5)6)121-49-30-45-113-127(121)101-35-19-25-41-108(101)132(113,7)8)89-66-70-96-94-68-59-85(76-114(94)135(13,14)116(96)78-89)91-72-73-92(128-123(91)102-36-20-26-50-122(102)139-128)83-57-63-87(64-58-83)137(88-65-69-95-93-31-15-21-37-104(93)133(9,10)115(95)77-88)119-47-28-43-111-125(119)99-33-17-23-39-106(99)130(111,3)4/h15-79H,1-14H3. The lowest BCUT2D eigenvalue weighted by Gasteiger charge is -2.32. The molecule has 4 nitrogen and oxygen atoms in total. The first kappa shape index (κ1) is 82.8. The summed E-state index contributed by atoms with van der Waals surface area (Å²) < 4.78 is 7.17. The zero-order valence-corrected chi connectivity index (χ0v) is 81.3. The molecule has 0 N–H and O–H groups in total. The molecule has 0 fully saturated rings. The Morgan fingerprint density at radius 1 is 0.165 bits per heavy atom. The number of anilines is 9. The predicted molar refractivity (Wildman–Crippen MR) is 582 cm³/mol. The number of furan rings is 1. The second-order valence-electron chi connectivity index (χ2n) is 43.8. The minimum absolute atomic E-state index is 0.161. The molecule has 27 rings (SSSR count). The zero-order chi connectivity index (χ0) is 94.2. The van der Waals surface area contributed by atoms with Gasteiger partial charge in [0.2, 0.25) is 0 Å². The van der Waals surface area contributed by atoms with Crippen LogP contribution in [0.15, 0.2) is 399 Å². The van der Waals surface area contributed by atoms with Gasteiger partial charge in [-0.2, -0.15) is 0 Å². The summed E-state index contributed by atoms with van der Waals surface area (Å²) in [7, 11) is 0. The summed E-state index contributed by atoms with van der Waals surface area (Å²) in [5.74, 6) is 0. The van der Waals surface area contributed by atoms with Crippen LogP contribution >= 0.6 is 0 Å². The molecular weight excluding hydrogens is 1680 g/mol. The van der Waals surface area contributed by atoms with Gasteiger partial charge in [-0.1, -0.05) is 382 Å². The molecule has 7 aliphatic carbocycles. The van der Waals surface area contributed by atoms with Crippen molar-refractivity contribution in [3.05, 3.63) is 472 Å². The summed E-state index contributed by atoms with van der Waals surface area (Å²) in [6.45, 7) is 33.6. The van der Waals surface area contributed by atoms with Gasteiger partial charge in [0, 0.05) is 105 Å². The summed E-state index contributed by atoms with van der Waals surface area (Å²) >= 11 is 0. The van der Waals surface area contributed by atoms with Crippen molar-refractivity contribution in [1.29, 1.82) is 0 Å². The van der Waals surface area contributed by atoms with E-state index >= 15 is 0 Å². The summed E-state index contributed by atoms with van der Waals surface area (Å²) in [4.78, 5) is 7.66. The molecule has 139 heavy (non-hydrogen) atoms. The average molecular weight is 1790 g/mol. The van der Waals surface area contributed by atoms with E-state index in [2.05, 4.69) is 506 Å². The average Bonchev–Trinajstić information content (AvgIpc) is 1.55. The van der Waals surface area contributed by atoms with Gasteiger partial charge in [-0.3, -0.25) is 0 Å². The Hall–Kier alpha value is -15.6. The van der Waals surface area contributed by atoms with E-state index < -0.39 is 0 Å². The van der Waals surface area contributed by atoms with Crippen LogP contribution in [0.4, 0.5) is 51.2 Å². The van der Waals surface area contributed by atoms with Crippen LogP contribution in [-0.4, -0.2) is 0 Å². The van der Waals surface area contributed by atoms with Crippen molar-refractivity contribution in [2.24, 2.45) is 0 Å².